The lowest BCUT2D eigenvalue weighted by atomic mass is 9.90. The highest BCUT2D eigenvalue weighted by atomic mass is 32.2. The number of aliphatic hydroxyl groups excluding tert-OH is 1. The Hall–Kier alpha value is -3.23. The number of amides is 2. The molecule has 0 radical (unpaired) electrons. The first kappa shape index (κ1) is 32.7. The number of rotatable bonds is 10. The summed E-state index contributed by atoms with van der Waals surface area (Å²) in [6.45, 7) is 0.706. The van der Waals surface area contributed by atoms with E-state index in [-0.39, 0.29) is 36.6 Å². The Balaban J connectivity index is 1.35. The fraction of sp³-hybridized carbons (Fsp3) is 0.655. The summed E-state index contributed by atoms with van der Waals surface area (Å²) in [5, 5.41) is 20.8. The van der Waals surface area contributed by atoms with Crippen LogP contribution in [-0.2, 0) is 30.1 Å². The molecular formula is C29H44N6O7S. The van der Waals surface area contributed by atoms with E-state index in [1.54, 1.807) is 24.3 Å². The molecule has 3 fully saturated rings. The highest BCUT2D eigenvalue weighted by Crippen LogP contribution is 2.24. The standard InChI is InChI=1S/C29H44N6O7S/c30-29(31)35-16-8-14-23(27(35)38)32-25(36)17-34-15-7-6-13-24(26(34)37)33-43(40,41)19-21-11-4-5-12-22(21)28(39)42-18-20-9-2-1-3-10-20/h4-5,11-12,20,23-24,27,33,38H,1-3,6-10,13-19H2,(H3,30,31)(H,32,36)/t23-,24-,27?/m1/s1. The second-order valence-corrected chi connectivity index (χ2v) is 13.5. The molecule has 43 heavy (non-hydrogen) atoms. The Morgan fingerprint density at radius 3 is 2.49 bits per heavy atom. The quantitative estimate of drug-likeness (QED) is 0.144. The number of hydrogen-bond acceptors (Lipinski definition) is 8. The SMILES string of the molecule is N=C(N)N1CCC[C@@H](NC(=O)CN2CCCC[C@@H](NS(=O)(=O)Cc3ccccc3C(=O)OCC3CCCCC3)C2=O)C1O. The molecule has 1 unspecified atom stereocenters. The molecule has 1 aromatic carbocycles. The van der Waals surface area contributed by atoms with Crippen LogP contribution in [0.2, 0.25) is 0 Å². The van der Waals surface area contributed by atoms with Gasteiger partial charge in [-0.25, -0.2) is 17.9 Å². The predicted octanol–water partition coefficient (Wildman–Crippen LogP) is 1.02. The molecule has 13 nitrogen and oxygen atoms in total. The number of nitrogens with one attached hydrogen (secondary N) is 3. The van der Waals surface area contributed by atoms with Gasteiger partial charge >= 0.3 is 5.97 Å². The van der Waals surface area contributed by atoms with Crippen molar-refractivity contribution in [3.63, 3.8) is 0 Å². The summed E-state index contributed by atoms with van der Waals surface area (Å²) in [4.78, 5) is 41.7. The molecule has 4 rings (SSSR count). The second-order valence-electron chi connectivity index (χ2n) is 11.8. The van der Waals surface area contributed by atoms with E-state index in [2.05, 4.69) is 10.0 Å². The Bertz CT molecular complexity index is 1270. The summed E-state index contributed by atoms with van der Waals surface area (Å²) in [6.07, 6.45) is 6.87. The van der Waals surface area contributed by atoms with Crippen LogP contribution in [0.3, 0.4) is 0 Å². The number of piperidine rings is 1. The number of carbonyl (C=O) groups excluding carboxylic acids is 3. The fourth-order valence-corrected chi connectivity index (χ4v) is 7.52. The van der Waals surface area contributed by atoms with Crippen molar-refractivity contribution in [2.24, 2.45) is 11.7 Å². The van der Waals surface area contributed by atoms with E-state index in [1.165, 1.54) is 16.2 Å². The summed E-state index contributed by atoms with van der Waals surface area (Å²) in [5.74, 6) is -2.03. The van der Waals surface area contributed by atoms with Crippen LogP contribution in [0.4, 0.5) is 0 Å². The van der Waals surface area contributed by atoms with Crippen LogP contribution in [0.5, 0.6) is 0 Å². The fourth-order valence-electron chi connectivity index (χ4n) is 6.12. The van der Waals surface area contributed by atoms with Crippen LogP contribution in [0, 0.1) is 11.3 Å². The minimum atomic E-state index is -4.05. The average Bonchev–Trinajstić information content (AvgIpc) is 3.13. The zero-order valence-electron chi connectivity index (χ0n) is 24.5. The molecule has 0 spiro atoms. The number of benzene rings is 1. The average molecular weight is 621 g/mol. The molecule has 1 aliphatic carbocycles. The molecule has 6 N–H and O–H groups in total. The number of carbonyl (C=O) groups is 3. The first-order chi connectivity index (χ1) is 20.5. The predicted molar refractivity (Wildman–Crippen MR) is 159 cm³/mol. The number of hydrogen-bond donors (Lipinski definition) is 5. The Morgan fingerprint density at radius 1 is 1.02 bits per heavy atom. The molecule has 3 aliphatic rings. The summed E-state index contributed by atoms with van der Waals surface area (Å²) in [5.41, 5.74) is 5.99. The largest absolute Gasteiger partial charge is 0.462 e. The molecule has 2 heterocycles. The molecule has 0 bridgehead atoms. The third-order valence-electron chi connectivity index (χ3n) is 8.44. The van der Waals surface area contributed by atoms with Crippen molar-refractivity contribution in [2.75, 3.05) is 26.2 Å². The van der Waals surface area contributed by atoms with E-state index < -0.39 is 51.9 Å². The molecule has 1 aromatic rings. The first-order valence-electron chi connectivity index (χ1n) is 15.2. The molecule has 2 aliphatic heterocycles. The minimum absolute atomic E-state index is 0.183. The number of ether oxygens (including phenoxy) is 1. The molecule has 3 atom stereocenters. The van der Waals surface area contributed by atoms with Crippen LogP contribution in [-0.4, -0.2) is 91.6 Å². The molecule has 2 amide bonds. The Kier molecular flexibility index (Phi) is 11.4. The van der Waals surface area contributed by atoms with Crippen LogP contribution < -0.4 is 15.8 Å². The zero-order chi connectivity index (χ0) is 31.0. The topological polar surface area (TPSA) is 195 Å². The van der Waals surface area contributed by atoms with E-state index in [1.807, 2.05) is 0 Å². The van der Waals surface area contributed by atoms with Gasteiger partial charge in [-0.2, -0.15) is 0 Å². The van der Waals surface area contributed by atoms with Crippen molar-refractivity contribution in [1.29, 1.82) is 5.41 Å². The van der Waals surface area contributed by atoms with E-state index in [0.717, 1.165) is 25.7 Å². The Labute approximate surface area is 253 Å². The summed E-state index contributed by atoms with van der Waals surface area (Å²) in [6, 6.07) is 4.70. The van der Waals surface area contributed by atoms with Gasteiger partial charge in [0.25, 0.3) is 0 Å². The summed E-state index contributed by atoms with van der Waals surface area (Å²) in [7, 11) is -4.05. The Morgan fingerprint density at radius 2 is 1.74 bits per heavy atom. The van der Waals surface area contributed by atoms with Gasteiger partial charge < -0.3 is 30.7 Å². The number of esters is 1. The first-order valence-corrected chi connectivity index (χ1v) is 16.8. The maximum absolute atomic E-state index is 13.4. The van der Waals surface area contributed by atoms with Crippen molar-refractivity contribution < 1.29 is 32.6 Å². The maximum Gasteiger partial charge on any atom is 0.338 e. The molecule has 14 heteroatoms. The van der Waals surface area contributed by atoms with Gasteiger partial charge in [0, 0.05) is 13.1 Å². The minimum Gasteiger partial charge on any atom is -0.462 e. The van der Waals surface area contributed by atoms with Gasteiger partial charge in [-0.1, -0.05) is 37.5 Å². The van der Waals surface area contributed by atoms with Gasteiger partial charge in [-0.05, 0) is 62.5 Å². The van der Waals surface area contributed by atoms with Crippen molar-refractivity contribution in [3.05, 3.63) is 35.4 Å². The van der Waals surface area contributed by atoms with Crippen LogP contribution in [0.15, 0.2) is 24.3 Å². The zero-order valence-corrected chi connectivity index (χ0v) is 25.3. The van der Waals surface area contributed by atoms with Crippen molar-refractivity contribution in [2.45, 2.75) is 88.3 Å². The lowest BCUT2D eigenvalue weighted by Gasteiger charge is -2.38. The van der Waals surface area contributed by atoms with E-state index in [4.69, 9.17) is 15.9 Å². The van der Waals surface area contributed by atoms with Crippen LogP contribution >= 0.6 is 0 Å². The summed E-state index contributed by atoms with van der Waals surface area (Å²) < 4.78 is 34.5. The van der Waals surface area contributed by atoms with E-state index in [9.17, 15) is 27.9 Å². The van der Waals surface area contributed by atoms with Gasteiger partial charge in [0.2, 0.25) is 21.8 Å². The second kappa shape index (κ2) is 15.0. The van der Waals surface area contributed by atoms with Gasteiger partial charge in [0.1, 0.15) is 12.3 Å². The van der Waals surface area contributed by atoms with E-state index >= 15 is 0 Å². The normalized spacial score (nSPS) is 23.8. The number of likely N-dealkylation sites (tertiary alicyclic amines) is 2. The third-order valence-corrected chi connectivity index (χ3v) is 9.78. The number of sulfonamides is 1. The molecule has 1 saturated carbocycles. The lowest BCUT2D eigenvalue weighted by Crippen LogP contribution is -2.59. The van der Waals surface area contributed by atoms with Crippen LogP contribution in [0.1, 0.15) is 80.1 Å². The molecule has 0 aromatic heterocycles. The number of nitrogens with zero attached hydrogens (tertiary/aromatic N) is 2. The molecular weight excluding hydrogens is 576 g/mol. The number of guanidine groups is 1. The smallest absolute Gasteiger partial charge is 0.338 e. The van der Waals surface area contributed by atoms with Gasteiger partial charge in [0.05, 0.1) is 30.5 Å². The maximum atomic E-state index is 13.4. The van der Waals surface area contributed by atoms with Gasteiger partial charge in [-0.15, -0.1) is 0 Å². The third kappa shape index (κ3) is 9.13. The molecule has 2 saturated heterocycles. The van der Waals surface area contributed by atoms with Gasteiger partial charge in [0.15, 0.2) is 5.96 Å². The van der Waals surface area contributed by atoms with Crippen molar-refractivity contribution >= 4 is 33.8 Å². The number of aliphatic hydroxyl groups is 1. The summed E-state index contributed by atoms with van der Waals surface area (Å²) >= 11 is 0. The van der Waals surface area contributed by atoms with E-state index in [0.29, 0.717) is 44.8 Å². The molecule has 238 valence electrons. The van der Waals surface area contributed by atoms with Crippen LogP contribution in [0.25, 0.3) is 0 Å². The van der Waals surface area contributed by atoms with Crippen molar-refractivity contribution in [1.82, 2.24) is 19.8 Å². The van der Waals surface area contributed by atoms with Gasteiger partial charge in [-0.3, -0.25) is 15.0 Å². The van der Waals surface area contributed by atoms with Crippen molar-refractivity contribution in [3.8, 4) is 0 Å². The lowest BCUT2D eigenvalue weighted by molar-refractivity contribution is -0.137. The number of nitrogens with two attached hydrogens (primary N) is 1. The monoisotopic (exact) mass is 620 g/mol. The highest BCUT2D eigenvalue weighted by molar-refractivity contribution is 7.88. The highest BCUT2D eigenvalue weighted by Gasteiger charge is 2.35.